The summed E-state index contributed by atoms with van der Waals surface area (Å²) in [6.45, 7) is 2.04. The number of anilines is 1. The number of piperazine rings is 1. The standard InChI is InChI=1S/C12H12ClN5O2/c13-9-2-1-8-10(16-9)11(15-7-14-8)17-3-5-18(6-4-17)12(19)20/h1-2,7H,3-6H2,(H,19,20). The van der Waals surface area contributed by atoms with Gasteiger partial charge in [0.2, 0.25) is 0 Å². The van der Waals surface area contributed by atoms with Crippen molar-refractivity contribution in [2.75, 3.05) is 31.1 Å². The van der Waals surface area contributed by atoms with Gasteiger partial charge >= 0.3 is 6.09 Å². The molecule has 1 aliphatic rings. The third-order valence-corrected chi connectivity index (χ3v) is 3.49. The lowest BCUT2D eigenvalue weighted by Crippen LogP contribution is -2.48. The SMILES string of the molecule is O=C(O)N1CCN(c2ncnc3ccc(Cl)nc23)CC1. The molecule has 104 valence electrons. The van der Waals surface area contributed by atoms with Crippen molar-refractivity contribution in [3.05, 3.63) is 23.6 Å². The van der Waals surface area contributed by atoms with Crippen molar-refractivity contribution in [2.24, 2.45) is 0 Å². The van der Waals surface area contributed by atoms with Crippen molar-refractivity contribution >= 4 is 34.5 Å². The van der Waals surface area contributed by atoms with E-state index in [9.17, 15) is 4.79 Å². The van der Waals surface area contributed by atoms with Gasteiger partial charge in [-0.2, -0.15) is 0 Å². The predicted molar refractivity (Wildman–Crippen MR) is 74.2 cm³/mol. The lowest BCUT2D eigenvalue weighted by molar-refractivity contribution is 0.142. The number of pyridine rings is 1. The van der Waals surface area contributed by atoms with Crippen LogP contribution in [0.1, 0.15) is 0 Å². The van der Waals surface area contributed by atoms with Gasteiger partial charge in [0.25, 0.3) is 0 Å². The fourth-order valence-corrected chi connectivity index (χ4v) is 2.39. The van der Waals surface area contributed by atoms with Crippen LogP contribution in [0.25, 0.3) is 11.0 Å². The molecule has 0 bridgehead atoms. The van der Waals surface area contributed by atoms with Crippen LogP contribution < -0.4 is 4.90 Å². The first-order chi connectivity index (χ1) is 9.65. The second-order valence-electron chi connectivity index (χ2n) is 4.46. The number of nitrogens with zero attached hydrogens (tertiary/aromatic N) is 5. The van der Waals surface area contributed by atoms with E-state index in [1.54, 1.807) is 12.1 Å². The molecule has 0 radical (unpaired) electrons. The minimum Gasteiger partial charge on any atom is -0.465 e. The molecule has 0 saturated carbocycles. The summed E-state index contributed by atoms with van der Waals surface area (Å²) < 4.78 is 0. The third kappa shape index (κ3) is 2.32. The summed E-state index contributed by atoms with van der Waals surface area (Å²) >= 11 is 5.92. The highest BCUT2D eigenvalue weighted by Gasteiger charge is 2.23. The molecule has 0 unspecified atom stereocenters. The van der Waals surface area contributed by atoms with Gasteiger partial charge in [-0.3, -0.25) is 0 Å². The van der Waals surface area contributed by atoms with Gasteiger partial charge in [-0.25, -0.2) is 19.7 Å². The lowest BCUT2D eigenvalue weighted by atomic mass is 10.3. The van der Waals surface area contributed by atoms with E-state index in [-0.39, 0.29) is 0 Å². The third-order valence-electron chi connectivity index (χ3n) is 3.28. The average Bonchev–Trinajstić information content (AvgIpc) is 2.46. The van der Waals surface area contributed by atoms with E-state index < -0.39 is 6.09 Å². The van der Waals surface area contributed by atoms with Crippen LogP contribution in [-0.2, 0) is 0 Å². The molecular formula is C12H12ClN5O2. The predicted octanol–water partition coefficient (Wildman–Crippen LogP) is 1.48. The molecule has 1 aliphatic heterocycles. The summed E-state index contributed by atoms with van der Waals surface area (Å²) in [6.07, 6.45) is 0.593. The number of amides is 1. The molecular weight excluding hydrogens is 282 g/mol. The van der Waals surface area contributed by atoms with Crippen LogP contribution in [0.5, 0.6) is 0 Å². The smallest absolute Gasteiger partial charge is 0.407 e. The van der Waals surface area contributed by atoms with Crippen LogP contribution in [0.3, 0.4) is 0 Å². The molecule has 20 heavy (non-hydrogen) atoms. The molecule has 1 fully saturated rings. The first kappa shape index (κ1) is 12.9. The highest BCUT2D eigenvalue weighted by atomic mass is 35.5. The summed E-state index contributed by atoms with van der Waals surface area (Å²) in [5.74, 6) is 0.697. The minimum absolute atomic E-state index is 0.387. The van der Waals surface area contributed by atoms with Crippen molar-refractivity contribution in [1.82, 2.24) is 19.9 Å². The van der Waals surface area contributed by atoms with E-state index in [2.05, 4.69) is 15.0 Å². The zero-order valence-electron chi connectivity index (χ0n) is 10.5. The maximum atomic E-state index is 10.9. The molecule has 0 aromatic carbocycles. The quantitative estimate of drug-likeness (QED) is 0.802. The number of halogens is 1. The molecule has 2 aromatic heterocycles. The summed E-state index contributed by atoms with van der Waals surface area (Å²) in [6, 6.07) is 3.48. The van der Waals surface area contributed by atoms with Crippen molar-refractivity contribution in [1.29, 1.82) is 0 Å². The van der Waals surface area contributed by atoms with Crippen LogP contribution in [0.2, 0.25) is 5.15 Å². The Morgan fingerprint density at radius 3 is 2.65 bits per heavy atom. The molecule has 0 atom stereocenters. The Bertz CT molecular complexity index is 657. The first-order valence-corrected chi connectivity index (χ1v) is 6.53. The molecule has 0 aliphatic carbocycles. The van der Waals surface area contributed by atoms with Crippen LogP contribution in [0.15, 0.2) is 18.5 Å². The van der Waals surface area contributed by atoms with Crippen LogP contribution in [0, 0.1) is 0 Å². The van der Waals surface area contributed by atoms with Crippen LogP contribution in [-0.4, -0.2) is 57.2 Å². The van der Waals surface area contributed by atoms with Crippen molar-refractivity contribution in [3.8, 4) is 0 Å². The Labute approximate surface area is 119 Å². The summed E-state index contributed by atoms with van der Waals surface area (Å²) in [5, 5.41) is 9.34. The Hall–Kier alpha value is -2.15. The number of hydrogen-bond acceptors (Lipinski definition) is 5. The molecule has 1 amide bonds. The average molecular weight is 294 g/mol. The molecule has 3 rings (SSSR count). The molecule has 3 heterocycles. The maximum absolute atomic E-state index is 10.9. The zero-order chi connectivity index (χ0) is 14.1. The summed E-state index contributed by atoms with van der Waals surface area (Å²) in [7, 11) is 0. The second-order valence-corrected chi connectivity index (χ2v) is 4.84. The van der Waals surface area contributed by atoms with E-state index in [4.69, 9.17) is 16.7 Å². The fraction of sp³-hybridized carbons (Fsp3) is 0.333. The summed E-state index contributed by atoms with van der Waals surface area (Å²) in [5.41, 5.74) is 1.36. The van der Waals surface area contributed by atoms with Gasteiger partial charge in [-0.15, -0.1) is 0 Å². The van der Waals surface area contributed by atoms with E-state index in [0.29, 0.717) is 42.7 Å². The van der Waals surface area contributed by atoms with Gasteiger partial charge in [-0.05, 0) is 12.1 Å². The van der Waals surface area contributed by atoms with Crippen molar-refractivity contribution < 1.29 is 9.90 Å². The number of rotatable bonds is 1. The molecule has 2 aromatic rings. The van der Waals surface area contributed by atoms with E-state index >= 15 is 0 Å². The topological polar surface area (TPSA) is 82.5 Å². The number of carboxylic acid groups (broad SMARTS) is 1. The summed E-state index contributed by atoms with van der Waals surface area (Å²) in [4.78, 5) is 27.0. The van der Waals surface area contributed by atoms with E-state index in [0.717, 1.165) is 5.52 Å². The molecule has 1 saturated heterocycles. The molecule has 8 heteroatoms. The number of carbonyl (C=O) groups is 1. The van der Waals surface area contributed by atoms with Gasteiger partial charge in [0.15, 0.2) is 5.82 Å². The van der Waals surface area contributed by atoms with Gasteiger partial charge in [-0.1, -0.05) is 11.6 Å². The number of hydrogen-bond donors (Lipinski definition) is 1. The number of fused-ring (bicyclic) bond motifs is 1. The zero-order valence-corrected chi connectivity index (χ0v) is 11.3. The monoisotopic (exact) mass is 293 g/mol. The Morgan fingerprint density at radius 2 is 1.95 bits per heavy atom. The van der Waals surface area contributed by atoms with Gasteiger partial charge in [0.05, 0.1) is 5.52 Å². The highest BCUT2D eigenvalue weighted by molar-refractivity contribution is 6.29. The maximum Gasteiger partial charge on any atom is 0.407 e. The van der Waals surface area contributed by atoms with E-state index in [1.165, 1.54) is 11.2 Å². The van der Waals surface area contributed by atoms with Crippen molar-refractivity contribution in [2.45, 2.75) is 0 Å². The normalized spacial score (nSPS) is 15.7. The largest absolute Gasteiger partial charge is 0.465 e. The second kappa shape index (κ2) is 5.09. The van der Waals surface area contributed by atoms with Gasteiger partial charge < -0.3 is 14.9 Å². The van der Waals surface area contributed by atoms with Crippen molar-refractivity contribution in [3.63, 3.8) is 0 Å². The molecule has 7 nitrogen and oxygen atoms in total. The Kier molecular flexibility index (Phi) is 3.27. The fourth-order valence-electron chi connectivity index (χ4n) is 2.24. The highest BCUT2D eigenvalue weighted by Crippen LogP contribution is 2.23. The van der Waals surface area contributed by atoms with Gasteiger partial charge in [0.1, 0.15) is 17.0 Å². The molecule has 0 spiro atoms. The Balaban J connectivity index is 1.91. The number of aromatic nitrogens is 3. The van der Waals surface area contributed by atoms with Gasteiger partial charge in [0, 0.05) is 26.2 Å². The minimum atomic E-state index is -0.890. The Morgan fingerprint density at radius 1 is 1.20 bits per heavy atom. The van der Waals surface area contributed by atoms with Crippen LogP contribution in [0.4, 0.5) is 10.6 Å². The van der Waals surface area contributed by atoms with E-state index in [1.807, 2.05) is 4.90 Å². The molecule has 1 N–H and O–H groups in total. The van der Waals surface area contributed by atoms with Crippen LogP contribution >= 0.6 is 11.6 Å². The first-order valence-electron chi connectivity index (χ1n) is 6.15. The lowest BCUT2D eigenvalue weighted by Gasteiger charge is -2.33.